The van der Waals surface area contributed by atoms with Crippen LogP contribution in [0.1, 0.15) is 0 Å². The van der Waals surface area contributed by atoms with Crippen molar-refractivity contribution in [3.05, 3.63) is 0 Å². The fourth-order valence-electron chi connectivity index (χ4n) is 1.47. The number of ether oxygens (including phenoxy) is 2. The van der Waals surface area contributed by atoms with E-state index in [0.717, 1.165) is 0 Å². The molecule has 0 aromatic heterocycles. The second kappa shape index (κ2) is 3.48. The highest BCUT2D eigenvalue weighted by molar-refractivity contribution is 7.93. The zero-order chi connectivity index (χ0) is 11.0. The molecule has 1 saturated heterocycles. The molecule has 82 valence electrons. The monoisotopic (exact) mass is 223 g/mol. The molecule has 6 nitrogen and oxygen atoms in total. The molecule has 1 heterocycles. The molecule has 0 aromatic carbocycles. The van der Waals surface area contributed by atoms with Crippen molar-refractivity contribution in [2.24, 2.45) is 5.73 Å². The Morgan fingerprint density at radius 3 is 2.21 bits per heavy atom. The molecular weight excluding hydrogens is 210 g/mol. The van der Waals surface area contributed by atoms with E-state index in [4.69, 9.17) is 10.5 Å². The number of hydrogen-bond donors (Lipinski definition) is 1. The van der Waals surface area contributed by atoms with Crippen molar-refractivity contribution in [2.45, 2.75) is 11.6 Å². The van der Waals surface area contributed by atoms with Crippen LogP contribution in [0.5, 0.6) is 0 Å². The third-order valence-electron chi connectivity index (χ3n) is 2.36. The van der Waals surface area contributed by atoms with Crippen molar-refractivity contribution in [1.29, 1.82) is 0 Å². The zero-order valence-corrected chi connectivity index (χ0v) is 8.83. The maximum atomic E-state index is 11.1. The van der Waals surface area contributed by atoms with Gasteiger partial charge in [-0.3, -0.25) is 4.79 Å². The molecule has 1 aliphatic rings. The van der Waals surface area contributed by atoms with Gasteiger partial charge in [-0.05, 0) is 0 Å². The first-order valence-electron chi connectivity index (χ1n) is 3.96. The summed E-state index contributed by atoms with van der Waals surface area (Å²) in [4.78, 5) is 11.1. The molecule has 0 radical (unpaired) electrons. The van der Waals surface area contributed by atoms with Crippen molar-refractivity contribution >= 4 is 15.8 Å². The van der Waals surface area contributed by atoms with Gasteiger partial charge in [0.25, 0.3) is 0 Å². The molecule has 1 fully saturated rings. The van der Waals surface area contributed by atoms with Crippen LogP contribution in [0.3, 0.4) is 0 Å². The molecule has 14 heavy (non-hydrogen) atoms. The van der Waals surface area contributed by atoms with Crippen LogP contribution in [0.2, 0.25) is 0 Å². The summed E-state index contributed by atoms with van der Waals surface area (Å²) in [5.74, 6) is -1.12. The Morgan fingerprint density at radius 1 is 1.43 bits per heavy atom. The van der Waals surface area contributed by atoms with Crippen LogP contribution >= 0.6 is 0 Å². The summed E-state index contributed by atoms with van der Waals surface area (Å²) in [5.41, 5.74) is 4.43. The number of methoxy groups -OCH3 is 2. The molecule has 1 atom stereocenters. The fraction of sp³-hybridized carbons (Fsp3) is 0.857. The molecule has 1 aliphatic heterocycles. The second-order valence-corrected chi connectivity index (χ2v) is 5.37. The lowest BCUT2D eigenvalue weighted by Gasteiger charge is -2.42. The molecule has 0 saturated carbocycles. The maximum Gasteiger partial charge on any atom is 0.325 e. The lowest BCUT2D eigenvalue weighted by atomic mass is 9.98. The zero-order valence-electron chi connectivity index (χ0n) is 8.02. The highest BCUT2D eigenvalue weighted by Crippen LogP contribution is 2.30. The summed E-state index contributed by atoms with van der Waals surface area (Å²) in [6.45, 7) is 0. The maximum absolute atomic E-state index is 11.1. The predicted octanol–water partition coefficient (Wildman–Crippen LogP) is -1.70. The van der Waals surface area contributed by atoms with Gasteiger partial charge in [0.2, 0.25) is 0 Å². The van der Waals surface area contributed by atoms with Gasteiger partial charge in [0.15, 0.2) is 9.84 Å². The fourth-order valence-corrected chi connectivity index (χ4v) is 3.47. The number of rotatable bonds is 3. The number of sulfone groups is 1. The van der Waals surface area contributed by atoms with Crippen molar-refractivity contribution in [1.82, 2.24) is 0 Å². The summed E-state index contributed by atoms with van der Waals surface area (Å²) in [6, 6.07) is -1.05. The van der Waals surface area contributed by atoms with Gasteiger partial charge in [-0.15, -0.1) is 0 Å². The molecular formula is C7H13NO5S. The largest absolute Gasteiger partial charge is 0.468 e. The van der Waals surface area contributed by atoms with E-state index in [0.29, 0.717) is 0 Å². The van der Waals surface area contributed by atoms with E-state index in [9.17, 15) is 13.2 Å². The Bertz CT molecular complexity index is 324. The van der Waals surface area contributed by atoms with E-state index >= 15 is 0 Å². The summed E-state index contributed by atoms with van der Waals surface area (Å²) < 4.78 is 31.4. The van der Waals surface area contributed by atoms with E-state index in [1.165, 1.54) is 14.2 Å². The van der Waals surface area contributed by atoms with Crippen LogP contribution in [0, 0.1) is 0 Å². The second-order valence-electron chi connectivity index (χ2n) is 3.30. The van der Waals surface area contributed by atoms with E-state index in [-0.39, 0.29) is 11.5 Å². The SMILES string of the molecule is COC(=O)C(N)C1(OC)CS(=O)(=O)C1. The standard InChI is InChI=1S/C7H13NO5S/c1-12-6(9)5(8)7(13-2)3-14(10,11)4-7/h5H,3-4,8H2,1-2H3. The van der Waals surface area contributed by atoms with Gasteiger partial charge in [-0.1, -0.05) is 0 Å². The quantitative estimate of drug-likeness (QED) is 0.573. The van der Waals surface area contributed by atoms with Gasteiger partial charge >= 0.3 is 5.97 Å². The van der Waals surface area contributed by atoms with Crippen LogP contribution in [-0.2, 0) is 24.1 Å². The Labute approximate surface area is 82.3 Å². The van der Waals surface area contributed by atoms with Crippen molar-refractivity contribution in [3.63, 3.8) is 0 Å². The van der Waals surface area contributed by atoms with Crippen LogP contribution in [0.4, 0.5) is 0 Å². The Balaban J connectivity index is 2.79. The summed E-state index contributed by atoms with van der Waals surface area (Å²) in [5, 5.41) is 0. The first kappa shape index (κ1) is 11.4. The molecule has 0 aromatic rings. The number of hydrogen-bond acceptors (Lipinski definition) is 6. The number of carbonyl (C=O) groups is 1. The number of nitrogens with two attached hydrogens (primary N) is 1. The molecule has 0 spiro atoms. The Hall–Kier alpha value is -0.660. The molecule has 1 unspecified atom stereocenters. The molecule has 7 heteroatoms. The topological polar surface area (TPSA) is 95.7 Å². The summed E-state index contributed by atoms with van der Waals surface area (Å²) >= 11 is 0. The Morgan fingerprint density at radius 2 is 1.93 bits per heavy atom. The minimum absolute atomic E-state index is 0.229. The van der Waals surface area contributed by atoms with E-state index < -0.39 is 27.4 Å². The van der Waals surface area contributed by atoms with E-state index in [2.05, 4.69) is 4.74 Å². The van der Waals surface area contributed by atoms with Gasteiger partial charge < -0.3 is 15.2 Å². The van der Waals surface area contributed by atoms with E-state index in [1.54, 1.807) is 0 Å². The molecule has 1 rings (SSSR count). The van der Waals surface area contributed by atoms with Gasteiger partial charge in [0.1, 0.15) is 11.6 Å². The van der Waals surface area contributed by atoms with Crippen molar-refractivity contribution in [2.75, 3.05) is 25.7 Å². The lowest BCUT2D eigenvalue weighted by Crippen LogP contribution is -2.68. The van der Waals surface area contributed by atoms with Crippen LogP contribution in [0.25, 0.3) is 0 Å². The van der Waals surface area contributed by atoms with Crippen LogP contribution in [0.15, 0.2) is 0 Å². The van der Waals surface area contributed by atoms with Crippen LogP contribution < -0.4 is 5.73 Å². The van der Waals surface area contributed by atoms with Crippen LogP contribution in [-0.4, -0.2) is 51.8 Å². The Kier molecular flexibility index (Phi) is 2.84. The molecule has 2 N–H and O–H groups in total. The van der Waals surface area contributed by atoms with Gasteiger partial charge in [-0.25, -0.2) is 8.42 Å². The average molecular weight is 223 g/mol. The smallest absolute Gasteiger partial charge is 0.325 e. The molecule has 0 bridgehead atoms. The first-order valence-corrected chi connectivity index (χ1v) is 5.78. The van der Waals surface area contributed by atoms with E-state index in [1.807, 2.05) is 0 Å². The number of carbonyl (C=O) groups excluding carboxylic acids is 1. The first-order chi connectivity index (χ1) is 6.37. The summed E-state index contributed by atoms with van der Waals surface area (Å²) in [7, 11) is -0.577. The third-order valence-corrected chi connectivity index (χ3v) is 4.21. The highest BCUT2D eigenvalue weighted by Gasteiger charge is 2.55. The highest BCUT2D eigenvalue weighted by atomic mass is 32.2. The average Bonchev–Trinajstić information content (AvgIpc) is 2.10. The van der Waals surface area contributed by atoms with Gasteiger partial charge in [0.05, 0.1) is 18.6 Å². The van der Waals surface area contributed by atoms with Gasteiger partial charge in [0, 0.05) is 7.11 Å². The van der Waals surface area contributed by atoms with Crippen molar-refractivity contribution < 1.29 is 22.7 Å². The minimum atomic E-state index is -3.10. The normalized spacial score (nSPS) is 24.8. The molecule has 0 amide bonds. The predicted molar refractivity (Wildman–Crippen MR) is 48.4 cm³/mol. The lowest BCUT2D eigenvalue weighted by molar-refractivity contribution is -0.149. The number of esters is 1. The summed E-state index contributed by atoms with van der Waals surface area (Å²) in [6.07, 6.45) is 0. The third kappa shape index (κ3) is 1.75. The molecule has 0 aliphatic carbocycles. The minimum Gasteiger partial charge on any atom is -0.468 e. The van der Waals surface area contributed by atoms with Gasteiger partial charge in [-0.2, -0.15) is 0 Å². The van der Waals surface area contributed by atoms with Crippen molar-refractivity contribution in [3.8, 4) is 0 Å².